The summed E-state index contributed by atoms with van der Waals surface area (Å²) in [6.07, 6.45) is 5.22. The summed E-state index contributed by atoms with van der Waals surface area (Å²) in [6.45, 7) is 8.50. The van der Waals surface area contributed by atoms with Gasteiger partial charge in [-0.25, -0.2) is 5.43 Å². The third kappa shape index (κ3) is 4.55. The minimum Gasteiger partial charge on any atom is -0.372 e. The number of aryl methyl sites for hydroxylation is 2. The average molecular weight is 415 g/mol. The van der Waals surface area contributed by atoms with Crippen molar-refractivity contribution in [2.24, 2.45) is 5.10 Å². The van der Waals surface area contributed by atoms with Gasteiger partial charge in [-0.3, -0.25) is 4.79 Å². The number of hydrogen-bond acceptors (Lipinski definition) is 3. The van der Waals surface area contributed by atoms with E-state index in [-0.39, 0.29) is 5.91 Å². The monoisotopic (exact) mass is 414 g/mol. The summed E-state index contributed by atoms with van der Waals surface area (Å²) in [6, 6.07) is 18.5. The lowest BCUT2D eigenvalue weighted by Crippen LogP contribution is -2.19. The third-order valence-electron chi connectivity index (χ3n) is 6.04. The maximum atomic E-state index is 12.5. The first kappa shape index (κ1) is 20.9. The molecule has 5 heteroatoms. The molecule has 1 fully saturated rings. The van der Waals surface area contributed by atoms with E-state index >= 15 is 0 Å². The van der Waals surface area contributed by atoms with Crippen molar-refractivity contribution < 1.29 is 4.79 Å². The van der Waals surface area contributed by atoms with Crippen LogP contribution in [0.1, 0.15) is 52.6 Å². The summed E-state index contributed by atoms with van der Waals surface area (Å²) < 4.78 is 2.21. The predicted octanol–water partition coefficient (Wildman–Crippen LogP) is 5.02. The van der Waals surface area contributed by atoms with Gasteiger partial charge >= 0.3 is 0 Å². The van der Waals surface area contributed by atoms with Crippen molar-refractivity contribution in [3.8, 4) is 5.69 Å². The zero-order valence-electron chi connectivity index (χ0n) is 18.6. The molecule has 1 saturated heterocycles. The topological polar surface area (TPSA) is 49.6 Å². The number of rotatable bonds is 6. The highest BCUT2D eigenvalue weighted by molar-refractivity contribution is 5.95. The van der Waals surface area contributed by atoms with Gasteiger partial charge in [-0.2, -0.15) is 5.10 Å². The highest BCUT2D eigenvalue weighted by atomic mass is 16.2. The van der Waals surface area contributed by atoms with Gasteiger partial charge in [0, 0.05) is 47.0 Å². The van der Waals surface area contributed by atoms with Crippen LogP contribution in [0.4, 0.5) is 5.69 Å². The Kier molecular flexibility index (Phi) is 6.21. The molecule has 0 saturated carbocycles. The molecule has 0 bridgehead atoms. The summed E-state index contributed by atoms with van der Waals surface area (Å²) in [5.74, 6) is -0.201. The number of anilines is 1. The standard InChI is InChI=1S/C26H30N4O/c1-4-21-7-11-25(12-8-21)30-19(2)17-23(20(30)3)18-27-28-26(31)22-9-13-24(14-10-22)29-15-5-6-16-29/h7-14,17-18H,4-6,15-16H2,1-3H3,(H,28,31)/b27-18-. The molecule has 4 rings (SSSR count). The molecule has 2 heterocycles. The van der Waals surface area contributed by atoms with Crippen molar-refractivity contribution in [1.29, 1.82) is 0 Å². The number of aromatic nitrogens is 1. The molecule has 160 valence electrons. The van der Waals surface area contributed by atoms with Gasteiger partial charge in [-0.1, -0.05) is 19.1 Å². The van der Waals surface area contributed by atoms with Gasteiger partial charge in [-0.05, 0) is 81.1 Å². The maximum Gasteiger partial charge on any atom is 0.271 e. The van der Waals surface area contributed by atoms with Crippen LogP contribution in [0.5, 0.6) is 0 Å². The number of amides is 1. The lowest BCUT2D eigenvalue weighted by molar-refractivity contribution is 0.0955. The second kappa shape index (κ2) is 9.21. The molecule has 5 nitrogen and oxygen atoms in total. The van der Waals surface area contributed by atoms with Crippen LogP contribution in [0.25, 0.3) is 5.69 Å². The van der Waals surface area contributed by atoms with E-state index in [1.54, 1.807) is 6.21 Å². The number of benzene rings is 2. The van der Waals surface area contributed by atoms with Gasteiger partial charge in [0.15, 0.2) is 0 Å². The fraction of sp³-hybridized carbons (Fsp3) is 0.308. The minimum absolute atomic E-state index is 0.201. The normalized spacial score (nSPS) is 13.8. The van der Waals surface area contributed by atoms with Crippen LogP contribution in [0.2, 0.25) is 0 Å². The van der Waals surface area contributed by atoms with Crippen LogP contribution >= 0.6 is 0 Å². The molecule has 0 atom stereocenters. The fourth-order valence-electron chi connectivity index (χ4n) is 4.22. The third-order valence-corrected chi connectivity index (χ3v) is 6.04. The molecule has 1 aromatic heterocycles. The van der Waals surface area contributed by atoms with E-state index in [4.69, 9.17) is 0 Å². The molecule has 3 aromatic rings. The molecule has 0 unspecified atom stereocenters. The SMILES string of the molecule is CCc1ccc(-n2c(C)cc(/C=N\NC(=O)c3ccc(N4CCCC4)cc3)c2C)cc1. The minimum atomic E-state index is -0.201. The molecule has 0 radical (unpaired) electrons. The Morgan fingerprint density at radius 2 is 1.65 bits per heavy atom. The van der Waals surface area contributed by atoms with Gasteiger partial charge in [0.25, 0.3) is 5.91 Å². The van der Waals surface area contributed by atoms with Gasteiger partial charge in [-0.15, -0.1) is 0 Å². The zero-order valence-corrected chi connectivity index (χ0v) is 18.6. The Morgan fingerprint density at radius 3 is 2.29 bits per heavy atom. The molecule has 0 spiro atoms. The Labute approximate surface area is 184 Å². The van der Waals surface area contributed by atoms with Gasteiger partial charge in [0.05, 0.1) is 6.21 Å². The van der Waals surface area contributed by atoms with Gasteiger partial charge < -0.3 is 9.47 Å². The first-order valence-electron chi connectivity index (χ1n) is 11.0. The summed E-state index contributed by atoms with van der Waals surface area (Å²) >= 11 is 0. The highest BCUT2D eigenvalue weighted by Gasteiger charge is 2.13. The highest BCUT2D eigenvalue weighted by Crippen LogP contribution is 2.21. The number of hydrogen-bond donors (Lipinski definition) is 1. The van der Waals surface area contributed by atoms with Crippen LogP contribution in [0.15, 0.2) is 59.7 Å². The second-order valence-electron chi connectivity index (χ2n) is 8.12. The second-order valence-corrected chi connectivity index (χ2v) is 8.12. The zero-order chi connectivity index (χ0) is 21.8. The van der Waals surface area contributed by atoms with E-state index in [1.807, 2.05) is 24.3 Å². The van der Waals surface area contributed by atoms with E-state index in [9.17, 15) is 4.79 Å². The molecule has 31 heavy (non-hydrogen) atoms. The number of carbonyl (C=O) groups is 1. The van der Waals surface area contributed by atoms with Crippen molar-refractivity contribution in [3.05, 3.63) is 82.7 Å². The molecule has 1 N–H and O–H groups in total. The lowest BCUT2D eigenvalue weighted by Gasteiger charge is -2.17. The first-order chi connectivity index (χ1) is 15.1. The lowest BCUT2D eigenvalue weighted by atomic mass is 10.1. The van der Waals surface area contributed by atoms with Gasteiger partial charge in [0.2, 0.25) is 0 Å². The van der Waals surface area contributed by atoms with Crippen molar-refractivity contribution in [1.82, 2.24) is 9.99 Å². The molecular weight excluding hydrogens is 384 g/mol. The van der Waals surface area contributed by atoms with Crippen molar-refractivity contribution in [2.45, 2.75) is 40.0 Å². The predicted molar refractivity (Wildman–Crippen MR) is 128 cm³/mol. The van der Waals surface area contributed by atoms with Crippen LogP contribution in [0, 0.1) is 13.8 Å². The summed E-state index contributed by atoms with van der Waals surface area (Å²) in [7, 11) is 0. The van der Waals surface area contributed by atoms with E-state index in [0.717, 1.165) is 42.1 Å². The Morgan fingerprint density at radius 1 is 1.00 bits per heavy atom. The van der Waals surface area contributed by atoms with Gasteiger partial charge in [0.1, 0.15) is 0 Å². The summed E-state index contributed by atoms with van der Waals surface area (Å²) in [5, 5.41) is 4.21. The largest absolute Gasteiger partial charge is 0.372 e. The van der Waals surface area contributed by atoms with Crippen molar-refractivity contribution >= 4 is 17.8 Å². The molecule has 0 aliphatic carbocycles. The van der Waals surface area contributed by atoms with E-state index < -0.39 is 0 Å². The molecule has 1 aliphatic rings. The molecule has 2 aromatic carbocycles. The number of carbonyl (C=O) groups excluding carboxylic acids is 1. The summed E-state index contributed by atoms with van der Waals surface area (Å²) in [4.78, 5) is 14.8. The molecular formula is C26H30N4O. The number of nitrogens with one attached hydrogen (secondary N) is 1. The molecule has 1 amide bonds. The van der Waals surface area contributed by atoms with Crippen LogP contribution in [-0.4, -0.2) is 29.8 Å². The Bertz CT molecular complexity index is 1070. The van der Waals surface area contributed by atoms with Crippen LogP contribution in [0.3, 0.4) is 0 Å². The average Bonchev–Trinajstić information content (AvgIpc) is 3.42. The maximum absolute atomic E-state index is 12.5. The number of nitrogens with zero attached hydrogens (tertiary/aromatic N) is 3. The summed E-state index contributed by atoms with van der Waals surface area (Å²) in [5.41, 5.74) is 10.1. The first-order valence-corrected chi connectivity index (χ1v) is 11.0. The van der Waals surface area contributed by atoms with Crippen molar-refractivity contribution in [3.63, 3.8) is 0 Å². The smallest absolute Gasteiger partial charge is 0.271 e. The van der Waals surface area contributed by atoms with E-state index in [2.05, 4.69) is 71.1 Å². The number of hydrazone groups is 1. The van der Waals surface area contributed by atoms with E-state index in [1.165, 1.54) is 24.1 Å². The van der Waals surface area contributed by atoms with Crippen LogP contribution < -0.4 is 10.3 Å². The molecule has 1 aliphatic heterocycles. The Balaban J connectivity index is 1.43. The van der Waals surface area contributed by atoms with Crippen molar-refractivity contribution in [2.75, 3.05) is 18.0 Å². The van der Waals surface area contributed by atoms with Crippen LogP contribution in [-0.2, 0) is 6.42 Å². The quantitative estimate of drug-likeness (QED) is 0.455. The van der Waals surface area contributed by atoms with E-state index in [0.29, 0.717) is 5.56 Å². The fourth-order valence-corrected chi connectivity index (χ4v) is 4.22. The Hall–Kier alpha value is -3.34.